The van der Waals surface area contributed by atoms with Crippen molar-refractivity contribution in [1.82, 2.24) is 20.2 Å². The van der Waals surface area contributed by atoms with Crippen LogP contribution in [0.4, 0.5) is 4.39 Å². The predicted octanol–water partition coefficient (Wildman–Crippen LogP) is 1.80. The fourth-order valence-electron chi connectivity index (χ4n) is 3.75. The van der Waals surface area contributed by atoms with Gasteiger partial charge in [-0.05, 0) is 42.8 Å². The van der Waals surface area contributed by atoms with Gasteiger partial charge in [0.1, 0.15) is 12.4 Å². The maximum absolute atomic E-state index is 13.2. The number of para-hydroxylation sites is 1. The second kappa shape index (κ2) is 7.90. The van der Waals surface area contributed by atoms with Gasteiger partial charge in [0.05, 0.1) is 17.2 Å². The van der Waals surface area contributed by atoms with Gasteiger partial charge in [-0.2, -0.15) is 0 Å². The molecule has 2 atom stereocenters. The molecule has 144 valence electrons. The molecule has 1 aromatic heterocycles. The molecule has 1 aliphatic rings. The largest absolute Gasteiger partial charge is 0.350 e. The van der Waals surface area contributed by atoms with E-state index in [9.17, 15) is 14.0 Å². The highest BCUT2D eigenvalue weighted by atomic mass is 19.1. The zero-order chi connectivity index (χ0) is 19.5. The van der Waals surface area contributed by atoms with E-state index >= 15 is 0 Å². The number of nitrogens with one attached hydrogen (secondary N) is 2. The average molecular weight is 380 g/mol. The summed E-state index contributed by atoms with van der Waals surface area (Å²) in [6.07, 6.45) is 2.24. The summed E-state index contributed by atoms with van der Waals surface area (Å²) in [7, 11) is 0. The van der Waals surface area contributed by atoms with E-state index in [0.717, 1.165) is 18.5 Å². The second-order valence-electron chi connectivity index (χ2n) is 7.02. The molecule has 1 saturated heterocycles. The molecule has 3 aromatic rings. The lowest BCUT2D eigenvalue weighted by Crippen LogP contribution is -2.51. The molecule has 0 saturated carbocycles. The van der Waals surface area contributed by atoms with E-state index in [0.29, 0.717) is 17.4 Å². The SMILES string of the molecule is O=C(Cn1cnc2ccccc2c1=O)NC1CNCCC1c1ccc(F)cc1. The predicted molar refractivity (Wildman–Crippen MR) is 105 cm³/mol. The molecule has 0 spiro atoms. The Kier molecular flexibility index (Phi) is 5.16. The average Bonchev–Trinajstić information content (AvgIpc) is 2.71. The van der Waals surface area contributed by atoms with Crippen LogP contribution in [0.25, 0.3) is 10.9 Å². The Morgan fingerprint density at radius 2 is 2.00 bits per heavy atom. The van der Waals surface area contributed by atoms with Gasteiger partial charge >= 0.3 is 0 Å². The number of amides is 1. The van der Waals surface area contributed by atoms with E-state index in [1.54, 1.807) is 30.3 Å². The Morgan fingerprint density at radius 1 is 1.21 bits per heavy atom. The zero-order valence-electron chi connectivity index (χ0n) is 15.3. The standard InChI is InChI=1S/C21H21FN4O2/c22-15-7-5-14(6-8-15)16-9-10-23-11-19(16)25-20(27)12-26-13-24-18-4-2-1-3-17(18)21(26)28/h1-8,13,16,19,23H,9-12H2,(H,25,27). The van der Waals surface area contributed by atoms with E-state index in [1.165, 1.54) is 23.0 Å². The lowest BCUT2D eigenvalue weighted by atomic mass is 9.86. The number of nitrogens with zero attached hydrogens (tertiary/aromatic N) is 2. The van der Waals surface area contributed by atoms with Crippen LogP contribution in [0.3, 0.4) is 0 Å². The number of benzene rings is 2. The van der Waals surface area contributed by atoms with Crippen molar-refractivity contribution in [2.45, 2.75) is 24.9 Å². The Morgan fingerprint density at radius 3 is 2.82 bits per heavy atom. The monoisotopic (exact) mass is 380 g/mol. The van der Waals surface area contributed by atoms with Crippen LogP contribution >= 0.6 is 0 Å². The summed E-state index contributed by atoms with van der Waals surface area (Å²) in [5, 5.41) is 6.79. The third-order valence-electron chi connectivity index (χ3n) is 5.17. The number of hydrogen-bond donors (Lipinski definition) is 2. The van der Waals surface area contributed by atoms with Gasteiger partial charge < -0.3 is 10.6 Å². The molecule has 4 rings (SSSR count). The first-order chi connectivity index (χ1) is 13.6. The van der Waals surface area contributed by atoms with Crippen LogP contribution in [-0.2, 0) is 11.3 Å². The van der Waals surface area contributed by atoms with Gasteiger partial charge in [-0.3, -0.25) is 14.2 Å². The minimum Gasteiger partial charge on any atom is -0.350 e. The number of piperidine rings is 1. The minimum atomic E-state index is -0.276. The molecule has 2 aromatic carbocycles. The highest BCUT2D eigenvalue weighted by Gasteiger charge is 2.27. The summed E-state index contributed by atoms with van der Waals surface area (Å²) >= 11 is 0. The van der Waals surface area contributed by atoms with Gasteiger partial charge in [0.15, 0.2) is 0 Å². The Hall–Kier alpha value is -3.06. The first-order valence-corrected chi connectivity index (χ1v) is 9.31. The van der Waals surface area contributed by atoms with E-state index in [4.69, 9.17) is 0 Å². The molecule has 0 bridgehead atoms. The van der Waals surface area contributed by atoms with Crippen LogP contribution in [-0.4, -0.2) is 34.6 Å². The number of rotatable bonds is 4. The van der Waals surface area contributed by atoms with Crippen LogP contribution < -0.4 is 16.2 Å². The highest BCUT2D eigenvalue weighted by Crippen LogP contribution is 2.25. The molecule has 1 aliphatic heterocycles. The quantitative estimate of drug-likeness (QED) is 0.724. The summed E-state index contributed by atoms with van der Waals surface area (Å²) in [6.45, 7) is 1.37. The highest BCUT2D eigenvalue weighted by molar-refractivity contribution is 5.79. The number of carbonyl (C=O) groups is 1. The van der Waals surface area contributed by atoms with E-state index in [-0.39, 0.29) is 35.8 Å². The summed E-state index contributed by atoms with van der Waals surface area (Å²) in [6, 6.07) is 13.3. The normalized spacial score (nSPS) is 19.5. The lowest BCUT2D eigenvalue weighted by molar-refractivity contribution is -0.122. The van der Waals surface area contributed by atoms with Crippen molar-refractivity contribution in [3.63, 3.8) is 0 Å². The van der Waals surface area contributed by atoms with Crippen LogP contribution in [0.15, 0.2) is 59.7 Å². The topological polar surface area (TPSA) is 76.0 Å². The van der Waals surface area contributed by atoms with Crippen LogP contribution in [0.5, 0.6) is 0 Å². The molecule has 1 amide bonds. The molecule has 2 unspecified atom stereocenters. The number of halogens is 1. The fraction of sp³-hybridized carbons (Fsp3) is 0.286. The van der Waals surface area contributed by atoms with Crippen LogP contribution in [0, 0.1) is 5.82 Å². The van der Waals surface area contributed by atoms with Gasteiger partial charge in [0.2, 0.25) is 5.91 Å². The minimum absolute atomic E-state index is 0.0939. The summed E-state index contributed by atoms with van der Waals surface area (Å²) in [5.41, 5.74) is 1.37. The smallest absolute Gasteiger partial charge is 0.261 e. The Labute approximate surface area is 161 Å². The Bertz CT molecular complexity index is 1050. The number of hydrogen-bond acceptors (Lipinski definition) is 4. The van der Waals surface area contributed by atoms with Crippen molar-refractivity contribution in [1.29, 1.82) is 0 Å². The molecule has 7 heteroatoms. The van der Waals surface area contributed by atoms with Gasteiger partial charge in [0.25, 0.3) is 5.56 Å². The molecule has 1 fully saturated rings. The van der Waals surface area contributed by atoms with E-state index in [2.05, 4.69) is 15.6 Å². The Balaban J connectivity index is 1.50. The van der Waals surface area contributed by atoms with Crippen molar-refractivity contribution in [2.75, 3.05) is 13.1 Å². The fourth-order valence-corrected chi connectivity index (χ4v) is 3.75. The molecule has 6 nitrogen and oxygen atoms in total. The number of carbonyl (C=O) groups excluding carboxylic acids is 1. The molecule has 28 heavy (non-hydrogen) atoms. The first kappa shape index (κ1) is 18.3. The molecular formula is C21H21FN4O2. The summed E-state index contributed by atoms with van der Waals surface area (Å²) in [5.74, 6) is -0.432. The molecule has 0 radical (unpaired) electrons. The van der Waals surface area contributed by atoms with E-state index < -0.39 is 0 Å². The van der Waals surface area contributed by atoms with E-state index in [1.807, 2.05) is 6.07 Å². The molecular weight excluding hydrogens is 359 g/mol. The molecule has 2 N–H and O–H groups in total. The van der Waals surface area contributed by atoms with Crippen molar-refractivity contribution in [2.24, 2.45) is 0 Å². The van der Waals surface area contributed by atoms with Crippen LogP contribution in [0.2, 0.25) is 0 Å². The molecule has 0 aliphatic carbocycles. The van der Waals surface area contributed by atoms with Crippen molar-refractivity contribution >= 4 is 16.8 Å². The number of fused-ring (bicyclic) bond motifs is 1. The first-order valence-electron chi connectivity index (χ1n) is 9.31. The van der Waals surface area contributed by atoms with Gasteiger partial charge in [-0.1, -0.05) is 24.3 Å². The second-order valence-corrected chi connectivity index (χ2v) is 7.02. The summed E-state index contributed by atoms with van der Waals surface area (Å²) in [4.78, 5) is 29.4. The molecule has 2 heterocycles. The maximum atomic E-state index is 13.2. The van der Waals surface area contributed by atoms with Crippen molar-refractivity contribution < 1.29 is 9.18 Å². The van der Waals surface area contributed by atoms with Gasteiger partial charge in [0, 0.05) is 18.5 Å². The van der Waals surface area contributed by atoms with Crippen LogP contribution in [0.1, 0.15) is 17.9 Å². The van der Waals surface area contributed by atoms with Gasteiger partial charge in [-0.15, -0.1) is 0 Å². The van der Waals surface area contributed by atoms with Crippen molar-refractivity contribution in [3.05, 3.63) is 76.6 Å². The zero-order valence-corrected chi connectivity index (χ0v) is 15.3. The summed E-state index contributed by atoms with van der Waals surface area (Å²) < 4.78 is 14.6. The third kappa shape index (κ3) is 3.80. The number of aromatic nitrogens is 2. The van der Waals surface area contributed by atoms with Crippen molar-refractivity contribution in [3.8, 4) is 0 Å². The third-order valence-corrected chi connectivity index (χ3v) is 5.17. The maximum Gasteiger partial charge on any atom is 0.261 e. The lowest BCUT2D eigenvalue weighted by Gasteiger charge is -2.33. The van der Waals surface area contributed by atoms with Gasteiger partial charge in [-0.25, -0.2) is 9.37 Å².